The van der Waals surface area contributed by atoms with Gasteiger partial charge in [0, 0.05) is 52.3 Å². The molecule has 194 valence electrons. The smallest absolute Gasteiger partial charge is 0.191 e. The van der Waals surface area contributed by atoms with Crippen LogP contribution in [0.4, 0.5) is 10.1 Å². The van der Waals surface area contributed by atoms with E-state index >= 15 is 0 Å². The van der Waals surface area contributed by atoms with Gasteiger partial charge in [-0.05, 0) is 43.3 Å². The number of aromatic amines is 1. The standard InChI is InChI=1S/C27H27FN2O6S/c1-16-4-7-24-22(10-16)23(15-29-24)27(32)26(21-6-5-17(28)11-25(21)36-9-8-31)30-18-12-19(35-2)14-20(13-18)37(3,33)34/h4-7,10-15,26,29-31H,8-9H2,1-3H3. The van der Waals surface area contributed by atoms with Gasteiger partial charge in [0.15, 0.2) is 15.6 Å². The molecule has 0 aliphatic carbocycles. The van der Waals surface area contributed by atoms with Crippen molar-refractivity contribution in [1.82, 2.24) is 4.98 Å². The number of ether oxygens (including phenoxy) is 2. The van der Waals surface area contributed by atoms with Crippen LogP contribution in [0.3, 0.4) is 0 Å². The Kier molecular flexibility index (Phi) is 7.51. The average molecular weight is 527 g/mol. The first-order chi connectivity index (χ1) is 17.6. The van der Waals surface area contributed by atoms with Gasteiger partial charge in [0.05, 0.1) is 18.6 Å². The van der Waals surface area contributed by atoms with E-state index in [-0.39, 0.29) is 35.4 Å². The van der Waals surface area contributed by atoms with E-state index in [0.29, 0.717) is 22.2 Å². The number of Topliss-reactive ketones (excluding diaryl/α,β-unsaturated/α-hetero) is 1. The van der Waals surface area contributed by atoms with Crippen LogP contribution < -0.4 is 14.8 Å². The predicted octanol–water partition coefficient (Wildman–Crippen LogP) is 4.43. The first-order valence-electron chi connectivity index (χ1n) is 11.4. The normalized spacial score (nSPS) is 12.4. The van der Waals surface area contributed by atoms with Gasteiger partial charge in [-0.25, -0.2) is 12.8 Å². The summed E-state index contributed by atoms with van der Waals surface area (Å²) in [7, 11) is -2.19. The minimum Gasteiger partial charge on any atom is -0.497 e. The quantitative estimate of drug-likeness (QED) is 0.262. The molecule has 0 spiro atoms. The molecule has 10 heteroatoms. The maximum absolute atomic E-state index is 14.1. The van der Waals surface area contributed by atoms with Crippen LogP contribution in [0.5, 0.6) is 11.5 Å². The molecule has 0 aliphatic rings. The van der Waals surface area contributed by atoms with Crippen LogP contribution in [0.1, 0.15) is 27.5 Å². The van der Waals surface area contributed by atoms with Crippen LogP contribution in [0.15, 0.2) is 65.7 Å². The van der Waals surface area contributed by atoms with Gasteiger partial charge in [0.2, 0.25) is 0 Å². The third kappa shape index (κ3) is 5.76. The van der Waals surface area contributed by atoms with Crippen LogP contribution in [-0.4, -0.2) is 50.9 Å². The summed E-state index contributed by atoms with van der Waals surface area (Å²) < 4.78 is 49.5. The Bertz CT molecular complexity index is 1560. The summed E-state index contributed by atoms with van der Waals surface area (Å²) in [4.78, 5) is 17.2. The first kappa shape index (κ1) is 26.2. The molecule has 0 amide bonds. The van der Waals surface area contributed by atoms with E-state index in [1.54, 1.807) is 12.3 Å². The minimum absolute atomic E-state index is 0.000807. The van der Waals surface area contributed by atoms with Crippen LogP contribution in [0, 0.1) is 12.7 Å². The highest BCUT2D eigenvalue weighted by molar-refractivity contribution is 7.90. The zero-order valence-corrected chi connectivity index (χ0v) is 21.4. The van der Waals surface area contributed by atoms with E-state index in [9.17, 15) is 22.7 Å². The summed E-state index contributed by atoms with van der Waals surface area (Å²) in [6.45, 7) is 1.50. The summed E-state index contributed by atoms with van der Waals surface area (Å²) in [5.41, 5.74) is 2.73. The second-order valence-electron chi connectivity index (χ2n) is 8.62. The Morgan fingerprint density at radius 3 is 2.62 bits per heavy atom. The Hall–Kier alpha value is -3.89. The Morgan fingerprint density at radius 2 is 1.92 bits per heavy atom. The number of sulfone groups is 1. The minimum atomic E-state index is -3.59. The molecule has 8 nitrogen and oxygen atoms in total. The lowest BCUT2D eigenvalue weighted by Gasteiger charge is -2.23. The second-order valence-corrected chi connectivity index (χ2v) is 10.6. The number of carbonyl (C=O) groups is 1. The number of aliphatic hydroxyl groups is 1. The molecule has 4 rings (SSSR count). The van der Waals surface area contributed by atoms with E-state index in [4.69, 9.17) is 9.47 Å². The number of nitrogens with one attached hydrogen (secondary N) is 2. The van der Waals surface area contributed by atoms with Gasteiger partial charge < -0.3 is 24.9 Å². The molecular weight excluding hydrogens is 499 g/mol. The Morgan fingerprint density at radius 1 is 1.14 bits per heavy atom. The van der Waals surface area contributed by atoms with Crippen molar-refractivity contribution in [3.63, 3.8) is 0 Å². The van der Waals surface area contributed by atoms with Crippen LogP contribution in [0.25, 0.3) is 10.9 Å². The van der Waals surface area contributed by atoms with E-state index in [0.717, 1.165) is 23.4 Å². The number of aromatic nitrogens is 1. The van der Waals surface area contributed by atoms with Gasteiger partial charge in [-0.1, -0.05) is 11.6 Å². The number of anilines is 1. The fourth-order valence-electron chi connectivity index (χ4n) is 4.06. The number of rotatable bonds is 10. The fraction of sp³-hybridized carbons (Fsp3) is 0.222. The molecule has 0 fully saturated rings. The number of aliphatic hydroxyl groups excluding tert-OH is 1. The molecule has 0 bridgehead atoms. The molecule has 1 unspecified atom stereocenters. The third-order valence-electron chi connectivity index (χ3n) is 5.86. The molecule has 1 heterocycles. The Balaban J connectivity index is 1.88. The molecular formula is C27H27FN2O6S. The number of hydrogen-bond acceptors (Lipinski definition) is 7. The molecule has 4 aromatic rings. The summed E-state index contributed by atoms with van der Waals surface area (Å²) in [6, 6.07) is 12.7. The molecule has 0 radical (unpaired) electrons. The zero-order chi connectivity index (χ0) is 26.7. The number of carbonyl (C=O) groups excluding carboxylic acids is 1. The molecule has 37 heavy (non-hydrogen) atoms. The second kappa shape index (κ2) is 10.6. The van der Waals surface area contributed by atoms with Crippen molar-refractivity contribution < 1.29 is 32.2 Å². The summed E-state index contributed by atoms with van der Waals surface area (Å²) in [5, 5.41) is 13.1. The highest BCUT2D eigenvalue weighted by Gasteiger charge is 2.28. The number of halogens is 1. The summed E-state index contributed by atoms with van der Waals surface area (Å²) in [5.74, 6) is -0.593. The van der Waals surface area contributed by atoms with E-state index < -0.39 is 21.7 Å². The Labute approximate surface area is 214 Å². The number of aryl methyl sites for hydroxylation is 1. The summed E-state index contributed by atoms with van der Waals surface area (Å²) >= 11 is 0. The van der Waals surface area contributed by atoms with Crippen LogP contribution >= 0.6 is 0 Å². The van der Waals surface area contributed by atoms with Crippen molar-refractivity contribution in [3.8, 4) is 11.5 Å². The highest BCUT2D eigenvalue weighted by atomic mass is 32.2. The molecule has 0 saturated carbocycles. The average Bonchev–Trinajstić information content (AvgIpc) is 3.28. The monoisotopic (exact) mass is 526 g/mol. The van der Waals surface area contributed by atoms with Gasteiger partial charge in [0.25, 0.3) is 0 Å². The summed E-state index contributed by atoms with van der Waals surface area (Å²) in [6.07, 6.45) is 2.68. The number of hydrogen-bond donors (Lipinski definition) is 3. The number of fused-ring (bicyclic) bond motifs is 1. The lowest BCUT2D eigenvalue weighted by atomic mass is 9.95. The van der Waals surface area contributed by atoms with Crippen molar-refractivity contribution >= 4 is 32.2 Å². The van der Waals surface area contributed by atoms with E-state index in [1.165, 1.54) is 31.4 Å². The van der Waals surface area contributed by atoms with E-state index in [1.807, 2.05) is 25.1 Å². The largest absolute Gasteiger partial charge is 0.497 e. The number of methoxy groups -OCH3 is 1. The van der Waals surface area contributed by atoms with Crippen LogP contribution in [-0.2, 0) is 9.84 Å². The van der Waals surface area contributed by atoms with Crippen molar-refractivity contribution in [1.29, 1.82) is 0 Å². The fourth-order valence-corrected chi connectivity index (χ4v) is 4.73. The predicted molar refractivity (Wildman–Crippen MR) is 139 cm³/mol. The highest BCUT2D eigenvalue weighted by Crippen LogP contribution is 2.35. The van der Waals surface area contributed by atoms with Gasteiger partial charge in [-0.15, -0.1) is 0 Å². The maximum atomic E-state index is 14.1. The zero-order valence-electron chi connectivity index (χ0n) is 20.5. The molecule has 0 aliphatic heterocycles. The lowest BCUT2D eigenvalue weighted by Crippen LogP contribution is -2.22. The molecule has 1 atom stereocenters. The first-order valence-corrected chi connectivity index (χ1v) is 13.3. The van der Waals surface area contributed by atoms with Crippen molar-refractivity contribution in [2.24, 2.45) is 0 Å². The van der Waals surface area contributed by atoms with Gasteiger partial charge >= 0.3 is 0 Å². The lowest BCUT2D eigenvalue weighted by molar-refractivity contribution is 0.0969. The van der Waals surface area contributed by atoms with Crippen molar-refractivity contribution in [2.45, 2.75) is 17.9 Å². The maximum Gasteiger partial charge on any atom is 0.191 e. The number of ketones is 1. The van der Waals surface area contributed by atoms with Gasteiger partial charge in [-0.2, -0.15) is 0 Å². The molecule has 1 aromatic heterocycles. The molecule has 3 N–H and O–H groups in total. The van der Waals surface area contributed by atoms with Gasteiger partial charge in [0.1, 0.15) is 30.0 Å². The topological polar surface area (TPSA) is 118 Å². The molecule has 0 saturated heterocycles. The van der Waals surface area contributed by atoms with Crippen molar-refractivity contribution in [2.75, 3.05) is 31.9 Å². The van der Waals surface area contributed by atoms with Crippen molar-refractivity contribution in [3.05, 3.63) is 83.3 Å². The molecule has 3 aromatic carbocycles. The number of benzene rings is 3. The van der Waals surface area contributed by atoms with E-state index in [2.05, 4.69) is 10.3 Å². The third-order valence-corrected chi connectivity index (χ3v) is 6.95. The SMILES string of the molecule is COc1cc(NC(C(=O)c2c[nH]c3ccc(C)cc23)c2ccc(F)cc2OCCO)cc(S(C)(=O)=O)c1. The van der Waals surface area contributed by atoms with Crippen LogP contribution in [0.2, 0.25) is 0 Å². The van der Waals surface area contributed by atoms with Gasteiger partial charge in [-0.3, -0.25) is 4.79 Å². The number of H-pyrrole nitrogens is 1.